The highest BCUT2D eigenvalue weighted by Crippen LogP contribution is 2.26. The zero-order valence-corrected chi connectivity index (χ0v) is 20.7. The van der Waals surface area contributed by atoms with Gasteiger partial charge in [-0.1, -0.05) is 13.2 Å². The first kappa shape index (κ1) is 28.0. The van der Waals surface area contributed by atoms with Crippen molar-refractivity contribution in [1.82, 2.24) is 20.9 Å². The zero-order chi connectivity index (χ0) is 25.8. The highest BCUT2D eigenvalue weighted by molar-refractivity contribution is 7.13. The minimum atomic E-state index is -0.806. The van der Waals surface area contributed by atoms with Crippen LogP contribution in [0.5, 0.6) is 0 Å². The van der Waals surface area contributed by atoms with Crippen molar-refractivity contribution in [3.63, 3.8) is 0 Å². The number of hydrogen-bond acceptors (Lipinski definition) is 10. The molecular weight excluding hydrogens is 478 g/mol. The number of esters is 1. The number of anilines is 1. The van der Waals surface area contributed by atoms with E-state index < -0.39 is 17.8 Å². The molecular formula is C22H31N5O7S. The summed E-state index contributed by atoms with van der Waals surface area (Å²) in [5.74, 6) is -2.00. The van der Waals surface area contributed by atoms with Crippen molar-refractivity contribution < 1.29 is 33.4 Å². The molecule has 0 bridgehead atoms. The maximum atomic E-state index is 12.4. The third-order valence-corrected chi connectivity index (χ3v) is 6.00. The number of carbonyl (C=O) groups is 4. The fraction of sp³-hybridized carbons (Fsp3) is 0.500. The first-order valence-corrected chi connectivity index (χ1v) is 11.8. The van der Waals surface area contributed by atoms with Crippen LogP contribution in [-0.4, -0.2) is 82.3 Å². The van der Waals surface area contributed by atoms with Crippen LogP contribution in [-0.2, 0) is 28.6 Å². The van der Waals surface area contributed by atoms with E-state index in [1.165, 1.54) is 11.3 Å². The molecule has 3 amide bonds. The number of amides is 3. The van der Waals surface area contributed by atoms with E-state index in [1.54, 1.807) is 12.5 Å². The Morgan fingerprint density at radius 1 is 1.11 bits per heavy atom. The van der Waals surface area contributed by atoms with Gasteiger partial charge in [0.1, 0.15) is 18.0 Å². The summed E-state index contributed by atoms with van der Waals surface area (Å²) < 4.78 is 14.5. The second-order valence-corrected chi connectivity index (χ2v) is 8.49. The summed E-state index contributed by atoms with van der Waals surface area (Å²) in [6.07, 6.45) is 1.74. The molecule has 0 atom stereocenters. The molecule has 0 aliphatic carbocycles. The van der Waals surface area contributed by atoms with E-state index in [4.69, 9.17) is 9.47 Å². The molecule has 13 heteroatoms. The molecule has 1 aromatic rings. The lowest BCUT2D eigenvalue weighted by molar-refractivity contribution is -0.137. The van der Waals surface area contributed by atoms with Crippen molar-refractivity contribution in [3.8, 4) is 0 Å². The van der Waals surface area contributed by atoms with Crippen LogP contribution in [0.4, 0.5) is 5.13 Å². The zero-order valence-electron chi connectivity index (χ0n) is 19.9. The molecule has 0 radical (unpaired) electrons. The van der Waals surface area contributed by atoms with E-state index in [9.17, 15) is 19.2 Å². The third-order valence-electron chi connectivity index (χ3n) is 5.10. The van der Waals surface area contributed by atoms with Crippen LogP contribution < -0.4 is 20.9 Å². The number of carbonyl (C=O) groups excluding carboxylic acids is 4. The average Bonchev–Trinajstić information content (AvgIpc) is 3.35. The van der Waals surface area contributed by atoms with Crippen molar-refractivity contribution >= 4 is 40.2 Å². The fourth-order valence-electron chi connectivity index (χ4n) is 3.10. The smallest absolute Gasteiger partial charge is 0.353 e. The fourth-order valence-corrected chi connectivity index (χ4v) is 3.96. The Hall–Kier alpha value is -3.29. The van der Waals surface area contributed by atoms with Crippen molar-refractivity contribution in [2.75, 3.05) is 58.6 Å². The number of piperidine rings is 1. The molecule has 0 unspecified atom stereocenters. The van der Waals surface area contributed by atoms with Crippen molar-refractivity contribution in [1.29, 1.82) is 0 Å². The standard InChI is InChI=1S/C22H31N5O7S/c1-14(19(29)25-15(2)21(31)33-4)24-20(30)17-13-35-22(26-17)27-7-5-16(6-8-27)11-23-18(28)12-34-10-9-32-3/h13,16H,1-2,5-12H2,3-4H3,(H,23,28)(H,24,30)(H,25,29). The van der Waals surface area contributed by atoms with Crippen LogP contribution in [0.25, 0.3) is 0 Å². The van der Waals surface area contributed by atoms with Gasteiger partial charge in [-0.05, 0) is 18.8 Å². The summed E-state index contributed by atoms with van der Waals surface area (Å²) in [5, 5.41) is 9.73. The summed E-state index contributed by atoms with van der Waals surface area (Å²) >= 11 is 1.32. The second kappa shape index (κ2) is 14.2. The van der Waals surface area contributed by atoms with E-state index in [2.05, 4.69) is 43.7 Å². The van der Waals surface area contributed by atoms with Gasteiger partial charge < -0.3 is 35.1 Å². The Balaban J connectivity index is 1.75. The highest BCUT2D eigenvalue weighted by Gasteiger charge is 2.23. The van der Waals surface area contributed by atoms with Gasteiger partial charge in [0, 0.05) is 32.1 Å². The van der Waals surface area contributed by atoms with Gasteiger partial charge in [0.2, 0.25) is 5.91 Å². The molecule has 35 heavy (non-hydrogen) atoms. The lowest BCUT2D eigenvalue weighted by Crippen LogP contribution is -2.39. The quantitative estimate of drug-likeness (QED) is 0.192. The van der Waals surface area contributed by atoms with Gasteiger partial charge in [0.05, 0.1) is 26.0 Å². The van der Waals surface area contributed by atoms with E-state index in [-0.39, 0.29) is 29.6 Å². The lowest BCUT2D eigenvalue weighted by Gasteiger charge is -2.31. The van der Waals surface area contributed by atoms with Gasteiger partial charge in [-0.2, -0.15) is 0 Å². The normalized spacial score (nSPS) is 13.6. The van der Waals surface area contributed by atoms with Gasteiger partial charge in [-0.15, -0.1) is 11.3 Å². The average molecular weight is 510 g/mol. The number of ether oxygens (including phenoxy) is 3. The number of nitrogens with zero attached hydrogens (tertiary/aromatic N) is 2. The van der Waals surface area contributed by atoms with Crippen molar-refractivity contribution in [3.05, 3.63) is 35.6 Å². The Morgan fingerprint density at radius 2 is 1.83 bits per heavy atom. The monoisotopic (exact) mass is 509 g/mol. The van der Waals surface area contributed by atoms with Crippen LogP contribution in [0, 0.1) is 5.92 Å². The Kier molecular flexibility index (Phi) is 11.3. The van der Waals surface area contributed by atoms with Crippen molar-refractivity contribution in [2.24, 2.45) is 5.92 Å². The number of nitrogens with one attached hydrogen (secondary N) is 3. The molecule has 1 aliphatic rings. The van der Waals surface area contributed by atoms with Gasteiger partial charge in [0.25, 0.3) is 11.8 Å². The Bertz CT molecular complexity index is 940. The minimum Gasteiger partial charge on any atom is -0.464 e. The number of rotatable bonds is 13. The van der Waals surface area contributed by atoms with Crippen LogP contribution in [0.2, 0.25) is 0 Å². The van der Waals surface area contributed by atoms with Crippen LogP contribution in [0.1, 0.15) is 23.3 Å². The lowest BCUT2D eigenvalue weighted by atomic mass is 9.97. The highest BCUT2D eigenvalue weighted by atomic mass is 32.1. The summed E-state index contributed by atoms with van der Waals surface area (Å²) in [5.41, 5.74) is -0.391. The molecule has 2 heterocycles. The van der Waals surface area contributed by atoms with E-state index in [1.807, 2.05) is 0 Å². The SMILES string of the molecule is C=C(NC(=O)c1csc(N2CCC(CNC(=O)COCCOC)CC2)n1)C(=O)NC(=C)C(=O)OC. The van der Waals surface area contributed by atoms with E-state index in [0.29, 0.717) is 30.8 Å². The predicted octanol–water partition coefficient (Wildman–Crippen LogP) is 0.185. The van der Waals surface area contributed by atoms with Crippen LogP contribution in [0.3, 0.4) is 0 Å². The summed E-state index contributed by atoms with van der Waals surface area (Å²) in [6, 6.07) is 0. The predicted molar refractivity (Wildman–Crippen MR) is 129 cm³/mol. The topological polar surface area (TPSA) is 148 Å². The second-order valence-electron chi connectivity index (χ2n) is 7.65. The number of hydrogen-bond donors (Lipinski definition) is 3. The minimum absolute atomic E-state index is 0.0142. The first-order valence-electron chi connectivity index (χ1n) is 10.9. The molecule has 3 N–H and O–H groups in total. The van der Waals surface area contributed by atoms with Gasteiger partial charge in [0.15, 0.2) is 5.13 Å². The Labute approximate surface area is 207 Å². The van der Waals surface area contributed by atoms with Crippen LogP contribution >= 0.6 is 11.3 Å². The summed E-state index contributed by atoms with van der Waals surface area (Å²) in [4.78, 5) is 54.1. The molecule has 192 valence electrons. The maximum absolute atomic E-state index is 12.4. The van der Waals surface area contributed by atoms with Gasteiger partial charge >= 0.3 is 5.97 Å². The Morgan fingerprint density at radius 3 is 2.49 bits per heavy atom. The van der Waals surface area contributed by atoms with Crippen LogP contribution in [0.15, 0.2) is 29.9 Å². The molecule has 1 saturated heterocycles. The molecule has 0 aromatic carbocycles. The molecule has 0 spiro atoms. The molecule has 1 aliphatic heterocycles. The number of methoxy groups -OCH3 is 2. The molecule has 0 saturated carbocycles. The number of aromatic nitrogens is 1. The maximum Gasteiger partial charge on any atom is 0.353 e. The number of thiazole rings is 1. The first-order chi connectivity index (χ1) is 16.7. The summed E-state index contributed by atoms with van der Waals surface area (Å²) in [6.45, 7) is 9.78. The van der Waals surface area contributed by atoms with Gasteiger partial charge in [-0.3, -0.25) is 14.4 Å². The molecule has 1 aromatic heterocycles. The largest absolute Gasteiger partial charge is 0.464 e. The summed E-state index contributed by atoms with van der Waals surface area (Å²) in [7, 11) is 2.72. The third kappa shape index (κ3) is 9.11. The molecule has 12 nitrogen and oxygen atoms in total. The molecule has 1 fully saturated rings. The van der Waals surface area contributed by atoms with Gasteiger partial charge in [-0.25, -0.2) is 9.78 Å². The van der Waals surface area contributed by atoms with E-state index >= 15 is 0 Å². The van der Waals surface area contributed by atoms with Crippen molar-refractivity contribution in [2.45, 2.75) is 12.8 Å². The van der Waals surface area contributed by atoms with E-state index in [0.717, 1.165) is 33.0 Å². The molecule has 2 rings (SSSR count).